The summed E-state index contributed by atoms with van der Waals surface area (Å²) in [5.74, 6) is 0. The molecule has 0 aliphatic heterocycles. The van der Waals surface area contributed by atoms with E-state index in [0.717, 1.165) is 17.9 Å². The first-order valence-electron chi connectivity index (χ1n) is 6.77. The highest BCUT2D eigenvalue weighted by atomic mass is 16.5. The monoisotopic (exact) mass is 275 g/mol. The van der Waals surface area contributed by atoms with Crippen molar-refractivity contribution in [3.8, 4) is 5.69 Å². The van der Waals surface area contributed by atoms with Crippen molar-refractivity contribution in [3.05, 3.63) is 48.3 Å². The van der Waals surface area contributed by atoms with E-state index in [1.54, 1.807) is 7.11 Å². The van der Waals surface area contributed by atoms with Crippen molar-refractivity contribution in [2.75, 3.05) is 20.3 Å². The van der Waals surface area contributed by atoms with Crippen LogP contribution in [0.3, 0.4) is 0 Å². The summed E-state index contributed by atoms with van der Waals surface area (Å²) in [6.07, 6.45) is 2.22. The van der Waals surface area contributed by atoms with Crippen LogP contribution in [-0.2, 0) is 11.3 Å². The Morgan fingerprint density at radius 3 is 2.85 bits per heavy atom. The number of hydrogen-bond donors (Lipinski definition) is 2. The molecule has 1 heterocycles. The van der Waals surface area contributed by atoms with Crippen molar-refractivity contribution in [2.24, 2.45) is 0 Å². The van der Waals surface area contributed by atoms with Crippen molar-refractivity contribution < 1.29 is 9.84 Å². The number of aliphatic hydroxyl groups is 1. The molecule has 0 saturated heterocycles. The van der Waals surface area contributed by atoms with E-state index in [9.17, 15) is 5.11 Å². The fourth-order valence-electron chi connectivity index (χ4n) is 1.94. The molecule has 1 unspecified atom stereocenters. The lowest BCUT2D eigenvalue weighted by atomic mass is 10.2. The van der Waals surface area contributed by atoms with Crippen molar-refractivity contribution in [3.63, 3.8) is 0 Å². The van der Waals surface area contributed by atoms with Gasteiger partial charge in [0, 0.05) is 19.9 Å². The highest BCUT2D eigenvalue weighted by molar-refractivity contribution is 5.30. The second kappa shape index (κ2) is 7.79. The number of para-hydroxylation sites is 1. The van der Waals surface area contributed by atoms with Gasteiger partial charge in [-0.25, -0.2) is 4.68 Å². The first kappa shape index (κ1) is 14.7. The molecule has 0 amide bonds. The van der Waals surface area contributed by atoms with Gasteiger partial charge in [-0.2, -0.15) is 5.10 Å². The minimum atomic E-state index is -0.408. The summed E-state index contributed by atoms with van der Waals surface area (Å²) in [6, 6.07) is 12.0. The summed E-state index contributed by atoms with van der Waals surface area (Å²) >= 11 is 0. The van der Waals surface area contributed by atoms with Crippen LogP contribution in [0, 0.1) is 0 Å². The van der Waals surface area contributed by atoms with Gasteiger partial charge in [0.25, 0.3) is 0 Å². The van der Waals surface area contributed by atoms with E-state index in [1.807, 2.05) is 47.3 Å². The number of aromatic nitrogens is 2. The molecule has 0 fully saturated rings. The molecule has 20 heavy (non-hydrogen) atoms. The Bertz CT molecular complexity index is 499. The highest BCUT2D eigenvalue weighted by Gasteiger charge is 2.03. The SMILES string of the molecule is COCC(O)CCNCc1ccn(-c2ccccc2)n1. The van der Waals surface area contributed by atoms with Crippen LogP contribution in [0.1, 0.15) is 12.1 Å². The van der Waals surface area contributed by atoms with Gasteiger partial charge in [-0.05, 0) is 31.2 Å². The van der Waals surface area contributed by atoms with Gasteiger partial charge in [-0.3, -0.25) is 0 Å². The molecule has 2 aromatic rings. The predicted octanol–water partition coefficient (Wildman–Crippen LogP) is 1.36. The molecule has 2 rings (SSSR count). The van der Waals surface area contributed by atoms with Crippen LogP contribution >= 0.6 is 0 Å². The van der Waals surface area contributed by atoms with E-state index < -0.39 is 6.10 Å². The summed E-state index contributed by atoms with van der Waals surface area (Å²) in [5.41, 5.74) is 2.03. The fourth-order valence-corrected chi connectivity index (χ4v) is 1.94. The molecule has 108 valence electrons. The molecule has 0 aliphatic rings. The quantitative estimate of drug-likeness (QED) is 0.714. The van der Waals surface area contributed by atoms with E-state index in [-0.39, 0.29) is 0 Å². The van der Waals surface area contributed by atoms with Crippen molar-refractivity contribution >= 4 is 0 Å². The molecule has 0 spiro atoms. The molecule has 2 N–H and O–H groups in total. The average Bonchev–Trinajstić information content (AvgIpc) is 2.94. The third kappa shape index (κ3) is 4.45. The third-order valence-electron chi connectivity index (χ3n) is 2.98. The van der Waals surface area contributed by atoms with Crippen LogP contribution in [0.4, 0.5) is 0 Å². The number of methoxy groups -OCH3 is 1. The van der Waals surface area contributed by atoms with E-state index >= 15 is 0 Å². The number of benzene rings is 1. The normalized spacial score (nSPS) is 12.5. The molecular weight excluding hydrogens is 254 g/mol. The van der Waals surface area contributed by atoms with Gasteiger partial charge in [0.1, 0.15) is 0 Å². The smallest absolute Gasteiger partial charge is 0.0785 e. The Kier molecular flexibility index (Phi) is 5.73. The Labute approximate surface area is 119 Å². The zero-order valence-electron chi connectivity index (χ0n) is 11.7. The summed E-state index contributed by atoms with van der Waals surface area (Å²) in [4.78, 5) is 0. The molecule has 5 nitrogen and oxygen atoms in total. The van der Waals surface area contributed by atoms with Gasteiger partial charge >= 0.3 is 0 Å². The number of hydrogen-bond acceptors (Lipinski definition) is 4. The van der Waals surface area contributed by atoms with Gasteiger partial charge in [-0.1, -0.05) is 18.2 Å². The maximum absolute atomic E-state index is 9.51. The lowest BCUT2D eigenvalue weighted by Crippen LogP contribution is -2.23. The van der Waals surface area contributed by atoms with Gasteiger partial charge in [0.2, 0.25) is 0 Å². The van der Waals surface area contributed by atoms with Crippen LogP contribution in [0.5, 0.6) is 0 Å². The first-order chi connectivity index (χ1) is 9.79. The second-order valence-corrected chi connectivity index (χ2v) is 4.66. The van der Waals surface area contributed by atoms with Crippen LogP contribution in [0.25, 0.3) is 5.69 Å². The molecule has 1 aromatic carbocycles. The largest absolute Gasteiger partial charge is 0.391 e. The Hall–Kier alpha value is -1.69. The van der Waals surface area contributed by atoms with Gasteiger partial charge in [0.05, 0.1) is 24.1 Å². The van der Waals surface area contributed by atoms with Crippen LogP contribution in [0.15, 0.2) is 42.6 Å². The average molecular weight is 275 g/mol. The molecule has 0 saturated carbocycles. The number of ether oxygens (including phenoxy) is 1. The highest BCUT2D eigenvalue weighted by Crippen LogP contribution is 2.06. The van der Waals surface area contributed by atoms with E-state index in [1.165, 1.54) is 0 Å². The second-order valence-electron chi connectivity index (χ2n) is 4.66. The molecule has 0 radical (unpaired) electrons. The fraction of sp³-hybridized carbons (Fsp3) is 0.400. The molecule has 5 heteroatoms. The lowest BCUT2D eigenvalue weighted by Gasteiger charge is -2.09. The minimum absolute atomic E-state index is 0.379. The minimum Gasteiger partial charge on any atom is -0.391 e. The molecule has 1 aromatic heterocycles. The Morgan fingerprint density at radius 1 is 1.30 bits per heavy atom. The van der Waals surface area contributed by atoms with Gasteiger partial charge in [-0.15, -0.1) is 0 Å². The number of nitrogens with zero attached hydrogens (tertiary/aromatic N) is 2. The van der Waals surface area contributed by atoms with Crippen molar-refractivity contribution in [2.45, 2.75) is 19.1 Å². The first-order valence-corrected chi connectivity index (χ1v) is 6.77. The maximum Gasteiger partial charge on any atom is 0.0785 e. The number of aliphatic hydroxyl groups excluding tert-OH is 1. The van der Waals surface area contributed by atoms with Crippen LogP contribution in [0.2, 0.25) is 0 Å². The lowest BCUT2D eigenvalue weighted by molar-refractivity contribution is 0.0594. The summed E-state index contributed by atoms with van der Waals surface area (Å²) < 4.78 is 6.74. The summed E-state index contributed by atoms with van der Waals surface area (Å²) in [7, 11) is 1.59. The predicted molar refractivity (Wildman–Crippen MR) is 77.8 cm³/mol. The molecule has 1 atom stereocenters. The molecular formula is C15H21N3O2. The number of rotatable bonds is 8. The Morgan fingerprint density at radius 2 is 2.10 bits per heavy atom. The summed E-state index contributed by atoms with van der Waals surface area (Å²) in [6.45, 7) is 1.81. The topological polar surface area (TPSA) is 59.3 Å². The van der Waals surface area contributed by atoms with E-state index in [2.05, 4.69) is 10.4 Å². The van der Waals surface area contributed by atoms with E-state index in [4.69, 9.17) is 4.74 Å². The Balaban J connectivity index is 1.76. The van der Waals surface area contributed by atoms with Gasteiger partial charge in [0.15, 0.2) is 0 Å². The molecule has 0 bridgehead atoms. The third-order valence-corrected chi connectivity index (χ3v) is 2.98. The van der Waals surface area contributed by atoms with Crippen LogP contribution in [-0.4, -0.2) is 41.3 Å². The zero-order valence-corrected chi connectivity index (χ0v) is 11.7. The van der Waals surface area contributed by atoms with E-state index in [0.29, 0.717) is 19.6 Å². The van der Waals surface area contributed by atoms with Gasteiger partial charge < -0.3 is 15.2 Å². The summed E-state index contributed by atoms with van der Waals surface area (Å²) in [5, 5.41) is 17.3. The van der Waals surface area contributed by atoms with Crippen molar-refractivity contribution in [1.29, 1.82) is 0 Å². The molecule has 0 aliphatic carbocycles. The maximum atomic E-state index is 9.51. The zero-order chi connectivity index (χ0) is 14.2. The standard InChI is InChI=1S/C15H21N3O2/c1-20-12-15(19)7-9-16-11-13-8-10-18(17-13)14-5-3-2-4-6-14/h2-6,8,10,15-16,19H,7,9,11-12H2,1H3. The van der Waals surface area contributed by atoms with Crippen molar-refractivity contribution in [1.82, 2.24) is 15.1 Å². The van der Waals surface area contributed by atoms with Crippen LogP contribution < -0.4 is 5.32 Å². The number of nitrogens with one attached hydrogen (secondary N) is 1.